The number of nitrogens with zero attached hydrogens (tertiary/aromatic N) is 3. The van der Waals surface area contributed by atoms with Crippen LogP contribution in [0, 0.1) is 0 Å². The van der Waals surface area contributed by atoms with Gasteiger partial charge >= 0.3 is 0 Å². The van der Waals surface area contributed by atoms with Gasteiger partial charge in [0.2, 0.25) is 11.6 Å². The van der Waals surface area contributed by atoms with Crippen LogP contribution in [-0.2, 0) is 70.6 Å². The van der Waals surface area contributed by atoms with Gasteiger partial charge in [-0.25, -0.2) is 10.5 Å². The third kappa shape index (κ3) is 14.1. The average Bonchev–Trinajstić information content (AvgIpc) is 3.83. The molecule has 0 atom stereocenters. The molecule has 3 aliphatic rings. The summed E-state index contributed by atoms with van der Waals surface area (Å²) in [7, 11) is -8.87. The second kappa shape index (κ2) is 24.1. The van der Waals surface area contributed by atoms with E-state index in [0.29, 0.717) is 59.8 Å². The second-order valence-electron chi connectivity index (χ2n) is 17.9. The molecule has 382 valence electrons. The predicted molar refractivity (Wildman–Crippen MR) is 268 cm³/mol. The van der Waals surface area contributed by atoms with Crippen LogP contribution in [0.3, 0.4) is 0 Å². The van der Waals surface area contributed by atoms with E-state index in [-0.39, 0.29) is 43.3 Å². The summed E-state index contributed by atoms with van der Waals surface area (Å²) in [6.07, 6.45) is 13.1. The first-order chi connectivity index (χ1) is 33.6. The largest absolute Gasteiger partial charge is 0.354 e. The molecule has 23 heteroatoms. The number of carbonyl (C=O) groups excluding carboxylic acids is 3. The molecule has 0 aromatic heterocycles. The number of hydrogen-bond donors (Lipinski definition) is 5. The Labute approximate surface area is 421 Å². The van der Waals surface area contributed by atoms with E-state index in [0.717, 1.165) is 62.6 Å². The third-order valence-electron chi connectivity index (χ3n) is 12.4. The van der Waals surface area contributed by atoms with Gasteiger partial charge in [-0.1, -0.05) is 54.3 Å². The fraction of sp³-hybridized carbons (Fsp3) is 0.375. The predicted octanol–water partition coefficient (Wildman–Crippen LogP) is 7.55. The Morgan fingerprint density at radius 3 is 2.28 bits per heavy atom. The highest BCUT2D eigenvalue weighted by Gasteiger charge is 2.45. The molecule has 0 bridgehead atoms. The molecule has 71 heavy (non-hydrogen) atoms. The smallest absolute Gasteiger partial charge is 0.294 e. The number of unbranched alkanes of at least 4 members (excludes halogenated alkanes) is 1. The number of imide groups is 1. The minimum atomic E-state index is -4.57. The first kappa shape index (κ1) is 55.3. The van der Waals surface area contributed by atoms with Gasteiger partial charge in [-0.3, -0.25) is 28.4 Å². The maximum Gasteiger partial charge on any atom is 0.294 e. The molecule has 0 aliphatic carbocycles. The van der Waals surface area contributed by atoms with Crippen molar-refractivity contribution in [2.24, 2.45) is 0 Å². The van der Waals surface area contributed by atoms with Crippen molar-refractivity contribution in [3.63, 3.8) is 0 Å². The van der Waals surface area contributed by atoms with Gasteiger partial charge in [0.05, 0.1) is 28.1 Å². The number of hydrogen-bond acceptors (Lipinski definition) is 16. The highest BCUT2D eigenvalue weighted by molar-refractivity contribution is 7.94. The van der Waals surface area contributed by atoms with Gasteiger partial charge in [-0.2, -0.15) is 21.4 Å². The lowest BCUT2D eigenvalue weighted by Crippen LogP contribution is -2.38. The van der Waals surface area contributed by atoms with E-state index in [2.05, 4.69) is 44.2 Å². The summed E-state index contributed by atoms with van der Waals surface area (Å²) in [5.74, 6) is -1.02. The van der Waals surface area contributed by atoms with Crippen LogP contribution in [-0.4, -0.2) is 107 Å². The number of carbonyl (C=O) groups is 3. The molecule has 0 saturated carbocycles. The second-order valence-corrected chi connectivity index (χ2v) is 22.4. The quantitative estimate of drug-likeness (QED) is 0.00760. The van der Waals surface area contributed by atoms with Gasteiger partial charge in [-0.15, -0.1) is 8.67 Å². The highest BCUT2D eigenvalue weighted by Crippen LogP contribution is 2.49. The van der Waals surface area contributed by atoms with Crippen molar-refractivity contribution in [1.29, 1.82) is 0 Å². The normalized spacial score (nSPS) is 17.1. The number of amides is 3. The molecular formula is C48H57N4O15S4+. The van der Waals surface area contributed by atoms with E-state index < -0.39 is 48.6 Å². The van der Waals surface area contributed by atoms with Gasteiger partial charge in [0.25, 0.3) is 32.1 Å². The van der Waals surface area contributed by atoms with Crippen LogP contribution < -0.4 is 10.2 Å². The number of rotatable bonds is 26. The molecule has 0 unspecified atom stereocenters. The lowest BCUT2D eigenvalue weighted by Gasteiger charge is -2.27. The van der Waals surface area contributed by atoms with Crippen LogP contribution in [0.25, 0.3) is 5.57 Å². The van der Waals surface area contributed by atoms with Crippen LogP contribution in [0.2, 0.25) is 0 Å². The van der Waals surface area contributed by atoms with E-state index in [4.69, 9.17) is 14.8 Å². The van der Waals surface area contributed by atoms with Crippen molar-refractivity contribution in [2.45, 2.75) is 86.8 Å². The van der Waals surface area contributed by atoms with Crippen LogP contribution in [0.5, 0.6) is 0 Å². The Kier molecular flexibility index (Phi) is 18.8. The molecule has 3 aromatic rings. The van der Waals surface area contributed by atoms with Crippen molar-refractivity contribution >= 4 is 84.7 Å². The average molecular weight is 1060 g/mol. The molecule has 3 heterocycles. The lowest BCUT2D eigenvalue weighted by molar-refractivity contribution is -0.438. The van der Waals surface area contributed by atoms with Crippen LogP contribution in [0.1, 0.15) is 82.1 Å². The van der Waals surface area contributed by atoms with E-state index in [9.17, 15) is 40.3 Å². The third-order valence-corrected chi connectivity index (χ3v) is 15.3. The minimum absolute atomic E-state index is 0.0467. The van der Waals surface area contributed by atoms with E-state index >= 15 is 0 Å². The van der Waals surface area contributed by atoms with Crippen LogP contribution >= 0.6 is 24.1 Å². The van der Waals surface area contributed by atoms with Gasteiger partial charge in [0.1, 0.15) is 6.54 Å². The van der Waals surface area contributed by atoms with Crippen LogP contribution in [0.4, 0.5) is 11.4 Å². The maximum atomic E-state index is 12.6. The van der Waals surface area contributed by atoms with Crippen molar-refractivity contribution in [3.05, 3.63) is 125 Å². The summed E-state index contributed by atoms with van der Waals surface area (Å²) in [5, 5.41) is 27.9. The van der Waals surface area contributed by atoms with Crippen molar-refractivity contribution in [2.75, 3.05) is 42.6 Å². The topological polar surface area (TPSA) is 259 Å². The van der Waals surface area contributed by atoms with Crippen molar-refractivity contribution < 1.29 is 74.2 Å². The van der Waals surface area contributed by atoms with E-state index in [1.165, 1.54) is 24.3 Å². The lowest BCUT2D eigenvalue weighted by atomic mass is 9.81. The van der Waals surface area contributed by atoms with E-state index in [1.54, 1.807) is 6.07 Å². The molecular weight excluding hydrogens is 1000 g/mol. The van der Waals surface area contributed by atoms with Gasteiger partial charge in [0.15, 0.2) is 5.71 Å². The fourth-order valence-corrected chi connectivity index (χ4v) is 10.7. The summed E-state index contributed by atoms with van der Waals surface area (Å²) in [5.41, 5.74) is 5.88. The Bertz CT molecular complexity index is 2860. The standard InChI is InChI=1S/C48H56N4O15S4/c1-47(2)38-31-36(69-67-65-57)16-18-40(38)50(25-8-28-68-66-64-56)42(47)20-14-34(35-12-7-11-33(30-35)10-5-6-13-44(53)49-24-27-52-45(54)22-23-46(52)55)15-21-43-48(3,4)39-32-37(71(61,62)63)17-19-41(39)51(43)26-9-29-70(58,59)60/h7,11-12,14-23,30-32H,5-6,8-10,13,24-29H2,1-4H3,(H4-,49,53,56,57,58,59,60,61,62,63)/p+1. The van der Waals surface area contributed by atoms with Gasteiger partial charge in [-0.05, 0) is 104 Å². The summed E-state index contributed by atoms with van der Waals surface area (Å²) < 4.78 is 79.4. The Morgan fingerprint density at radius 1 is 0.831 bits per heavy atom. The Hall–Kier alpha value is -5.02. The molecule has 3 aromatic carbocycles. The number of anilines is 1. The molecule has 0 fully saturated rings. The zero-order chi connectivity index (χ0) is 51.6. The number of fused-ring (bicyclic) bond motifs is 2. The SMILES string of the molecule is CC1(C)C(=CC=C(C=CC2=[N+](CCCSOOO)c3ccc(SOOO)cc3C2(C)C)c2cccc(CCCCC(=O)NCCN3C(=O)C=CC3=O)c2)N(CCCS(=O)(=O)O)c2ccc(S(=O)(=O)O)cc21. The highest BCUT2D eigenvalue weighted by atomic mass is 32.2. The zero-order valence-corrected chi connectivity index (χ0v) is 42.7. The Balaban J connectivity index is 1.36. The molecule has 5 N–H and O–H groups in total. The molecule has 0 radical (unpaired) electrons. The molecule has 6 rings (SSSR count). The molecule has 3 amide bonds. The van der Waals surface area contributed by atoms with Gasteiger partial charge < -0.3 is 10.2 Å². The summed E-state index contributed by atoms with van der Waals surface area (Å²) in [6.45, 7) is 8.91. The maximum absolute atomic E-state index is 12.6. The molecule has 0 saturated heterocycles. The monoisotopic (exact) mass is 1060 g/mol. The first-order valence-electron chi connectivity index (χ1n) is 22.5. The summed E-state index contributed by atoms with van der Waals surface area (Å²) in [4.78, 5) is 39.7. The fourth-order valence-electron chi connectivity index (χ4n) is 8.95. The van der Waals surface area contributed by atoms with Gasteiger partial charge in [0, 0.05) is 102 Å². The molecule has 3 aliphatic heterocycles. The number of benzene rings is 3. The molecule has 19 nitrogen and oxygen atoms in total. The Morgan fingerprint density at radius 2 is 1.58 bits per heavy atom. The zero-order valence-electron chi connectivity index (χ0n) is 39.5. The minimum Gasteiger partial charge on any atom is -0.354 e. The molecule has 0 spiro atoms. The summed E-state index contributed by atoms with van der Waals surface area (Å²) >= 11 is 1.80. The van der Waals surface area contributed by atoms with E-state index in [1.807, 2.05) is 79.4 Å². The number of allylic oxidation sites excluding steroid dienone is 6. The van der Waals surface area contributed by atoms with Crippen LogP contribution in [0.15, 0.2) is 113 Å². The van der Waals surface area contributed by atoms with Crippen molar-refractivity contribution in [3.8, 4) is 0 Å². The van der Waals surface area contributed by atoms with Crippen molar-refractivity contribution in [1.82, 2.24) is 10.2 Å². The summed E-state index contributed by atoms with van der Waals surface area (Å²) in [6, 6.07) is 18.0. The number of nitrogens with one attached hydrogen (secondary N) is 1. The number of aryl methyl sites for hydroxylation is 1. The first-order valence-corrected chi connectivity index (χ1v) is 27.2.